The molecule has 0 saturated carbocycles. The standard InChI is InChI=1S/C14H14O3S/c1-9-7-10(8-18-9)13(15)11-3-2-4-12-14(11)17-6-5-16-12/h2-4,7-8,13,15H,5-6H2,1H3. The Morgan fingerprint density at radius 2 is 2.11 bits per heavy atom. The minimum absolute atomic E-state index is 0.527. The normalized spacial score (nSPS) is 15.4. The Bertz CT molecular complexity index is 562. The number of aliphatic hydroxyl groups excluding tert-OH is 1. The quantitative estimate of drug-likeness (QED) is 0.904. The Balaban J connectivity index is 2.01. The van der Waals surface area contributed by atoms with E-state index in [1.165, 1.54) is 4.88 Å². The predicted octanol–water partition coefficient (Wildman–Crippen LogP) is 2.91. The van der Waals surface area contributed by atoms with Crippen molar-refractivity contribution in [2.45, 2.75) is 13.0 Å². The van der Waals surface area contributed by atoms with E-state index in [9.17, 15) is 5.11 Å². The van der Waals surface area contributed by atoms with Crippen molar-refractivity contribution in [2.75, 3.05) is 13.2 Å². The second-order valence-electron chi connectivity index (χ2n) is 4.26. The van der Waals surface area contributed by atoms with Crippen LogP contribution >= 0.6 is 11.3 Å². The van der Waals surface area contributed by atoms with E-state index < -0.39 is 6.10 Å². The number of hydrogen-bond acceptors (Lipinski definition) is 4. The van der Waals surface area contributed by atoms with Gasteiger partial charge >= 0.3 is 0 Å². The van der Waals surface area contributed by atoms with Gasteiger partial charge in [0.05, 0.1) is 0 Å². The molecule has 0 saturated heterocycles. The highest BCUT2D eigenvalue weighted by Gasteiger charge is 2.22. The van der Waals surface area contributed by atoms with Gasteiger partial charge in [0.2, 0.25) is 0 Å². The first-order valence-corrected chi connectivity index (χ1v) is 6.75. The van der Waals surface area contributed by atoms with Gasteiger partial charge < -0.3 is 14.6 Å². The molecule has 3 nitrogen and oxygen atoms in total. The molecule has 0 radical (unpaired) electrons. The van der Waals surface area contributed by atoms with Crippen LogP contribution in [0.5, 0.6) is 11.5 Å². The Morgan fingerprint density at radius 3 is 2.89 bits per heavy atom. The molecule has 18 heavy (non-hydrogen) atoms. The maximum atomic E-state index is 10.4. The fourth-order valence-corrected chi connectivity index (χ4v) is 2.82. The minimum Gasteiger partial charge on any atom is -0.486 e. The lowest BCUT2D eigenvalue weighted by molar-refractivity contribution is 0.158. The molecule has 1 aliphatic rings. The highest BCUT2D eigenvalue weighted by atomic mass is 32.1. The molecular formula is C14H14O3S. The van der Waals surface area contributed by atoms with Crippen LogP contribution in [-0.4, -0.2) is 18.3 Å². The smallest absolute Gasteiger partial charge is 0.167 e. The zero-order valence-electron chi connectivity index (χ0n) is 10.1. The number of fused-ring (bicyclic) bond motifs is 1. The summed E-state index contributed by atoms with van der Waals surface area (Å²) in [6.07, 6.45) is -0.661. The van der Waals surface area contributed by atoms with Gasteiger partial charge in [0.1, 0.15) is 19.3 Å². The summed E-state index contributed by atoms with van der Waals surface area (Å²) in [6, 6.07) is 7.62. The van der Waals surface area contributed by atoms with Crippen LogP contribution in [0.4, 0.5) is 0 Å². The third kappa shape index (κ3) is 1.98. The summed E-state index contributed by atoms with van der Waals surface area (Å²) in [5, 5.41) is 12.4. The van der Waals surface area contributed by atoms with Crippen LogP contribution in [0.2, 0.25) is 0 Å². The Hall–Kier alpha value is -1.52. The summed E-state index contributed by atoms with van der Waals surface area (Å²) in [6.45, 7) is 3.12. The first-order valence-electron chi connectivity index (χ1n) is 5.87. The van der Waals surface area contributed by atoms with Crippen molar-refractivity contribution in [3.05, 3.63) is 45.6 Å². The number of ether oxygens (including phenoxy) is 2. The first-order chi connectivity index (χ1) is 8.75. The third-order valence-electron chi connectivity index (χ3n) is 2.96. The van der Waals surface area contributed by atoms with E-state index in [2.05, 4.69) is 0 Å². The van der Waals surface area contributed by atoms with Gasteiger partial charge in [-0.25, -0.2) is 0 Å². The van der Waals surface area contributed by atoms with Gasteiger partial charge in [-0.05, 0) is 30.0 Å². The van der Waals surface area contributed by atoms with Crippen LogP contribution in [0.3, 0.4) is 0 Å². The molecule has 0 amide bonds. The van der Waals surface area contributed by atoms with Crippen LogP contribution in [0, 0.1) is 6.92 Å². The highest BCUT2D eigenvalue weighted by Crippen LogP contribution is 2.39. The number of para-hydroxylation sites is 1. The van der Waals surface area contributed by atoms with Gasteiger partial charge in [-0.3, -0.25) is 0 Å². The molecule has 0 spiro atoms. The van der Waals surface area contributed by atoms with Crippen LogP contribution in [0.25, 0.3) is 0 Å². The second kappa shape index (κ2) is 4.63. The van der Waals surface area contributed by atoms with Crippen molar-refractivity contribution in [1.29, 1.82) is 0 Å². The van der Waals surface area contributed by atoms with Crippen LogP contribution < -0.4 is 9.47 Å². The lowest BCUT2D eigenvalue weighted by Gasteiger charge is -2.22. The largest absolute Gasteiger partial charge is 0.486 e. The van der Waals surface area contributed by atoms with Crippen LogP contribution in [0.15, 0.2) is 29.6 Å². The molecule has 2 aromatic rings. The molecule has 1 unspecified atom stereocenters. The number of thiophene rings is 1. The van der Waals surface area contributed by atoms with Crippen molar-refractivity contribution in [3.63, 3.8) is 0 Å². The fourth-order valence-electron chi connectivity index (χ4n) is 2.10. The zero-order valence-corrected chi connectivity index (χ0v) is 10.9. The van der Waals surface area contributed by atoms with E-state index in [0.29, 0.717) is 24.7 Å². The van der Waals surface area contributed by atoms with Crippen LogP contribution in [0.1, 0.15) is 22.1 Å². The van der Waals surface area contributed by atoms with Gasteiger partial charge in [0, 0.05) is 10.4 Å². The molecule has 1 aromatic carbocycles. The molecule has 0 fully saturated rings. The van der Waals surface area contributed by atoms with E-state index in [1.807, 2.05) is 36.6 Å². The zero-order chi connectivity index (χ0) is 12.5. The van der Waals surface area contributed by atoms with E-state index in [-0.39, 0.29) is 0 Å². The van der Waals surface area contributed by atoms with Crippen molar-refractivity contribution in [3.8, 4) is 11.5 Å². The molecule has 2 heterocycles. The number of hydrogen-bond donors (Lipinski definition) is 1. The molecule has 1 atom stereocenters. The predicted molar refractivity (Wildman–Crippen MR) is 70.5 cm³/mol. The molecule has 1 aromatic heterocycles. The van der Waals surface area contributed by atoms with E-state index in [1.54, 1.807) is 11.3 Å². The first kappa shape index (κ1) is 11.6. The minimum atomic E-state index is -0.661. The summed E-state index contributed by atoms with van der Waals surface area (Å²) in [5.41, 5.74) is 1.67. The van der Waals surface area contributed by atoms with Crippen molar-refractivity contribution >= 4 is 11.3 Å². The number of benzene rings is 1. The van der Waals surface area contributed by atoms with Gasteiger partial charge in [0.25, 0.3) is 0 Å². The lowest BCUT2D eigenvalue weighted by Crippen LogP contribution is -2.17. The highest BCUT2D eigenvalue weighted by molar-refractivity contribution is 7.10. The number of aliphatic hydroxyl groups is 1. The van der Waals surface area contributed by atoms with Gasteiger partial charge in [-0.2, -0.15) is 0 Å². The summed E-state index contributed by atoms with van der Waals surface area (Å²) >= 11 is 1.63. The van der Waals surface area contributed by atoms with E-state index >= 15 is 0 Å². The second-order valence-corrected chi connectivity index (χ2v) is 5.38. The molecule has 4 heteroatoms. The van der Waals surface area contributed by atoms with E-state index in [0.717, 1.165) is 11.1 Å². The van der Waals surface area contributed by atoms with Crippen molar-refractivity contribution in [2.24, 2.45) is 0 Å². The van der Waals surface area contributed by atoms with Gasteiger partial charge in [-0.1, -0.05) is 12.1 Å². The third-order valence-corrected chi connectivity index (χ3v) is 3.84. The monoisotopic (exact) mass is 262 g/mol. The lowest BCUT2D eigenvalue weighted by atomic mass is 10.0. The van der Waals surface area contributed by atoms with Gasteiger partial charge in [-0.15, -0.1) is 11.3 Å². The SMILES string of the molecule is Cc1cc(C(O)c2cccc3c2OCCO3)cs1. The Kier molecular flexibility index (Phi) is 2.97. The number of aryl methyl sites for hydroxylation is 1. The fraction of sp³-hybridized carbons (Fsp3) is 0.286. The summed E-state index contributed by atoms with van der Waals surface area (Å²) in [4.78, 5) is 1.19. The molecule has 1 aliphatic heterocycles. The van der Waals surface area contributed by atoms with Gasteiger partial charge in [0.15, 0.2) is 11.5 Å². The maximum absolute atomic E-state index is 10.4. The molecule has 94 valence electrons. The average Bonchev–Trinajstić information content (AvgIpc) is 2.84. The Morgan fingerprint density at radius 1 is 1.28 bits per heavy atom. The molecule has 0 aliphatic carbocycles. The molecular weight excluding hydrogens is 248 g/mol. The molecule has 1 N–H and O–H groups in total. The van der Waals surface area contributed by atoms with Crippen LogP contribution in [-0.2, 0) is 0 Å². The van der Waals surface area contributed by atoms with Crippen molar-refractivity contribution < 1.29 is 14.6 Å². The average molecular weight is 262 g/mol. The summed E-state index contributed by atoms with van der Waals surface area (Å²) in [7, 11) is 0. The molecule has 3 rings (SSSR count). The van der Waals surface area contributed by atoms with E-state index in [4.69, 9.17) is 9.47 Å². The topological polar surface area (TPSA) is 38.7 Å². The van der Waals surface area contributed by atoms with Crippen molar-refractivity contribution in [1.82, 2.24) is 0 Å². The Labute approximate surface area is 110 Å². The number of rotatable bonds is 2. The summed E-state index contributed by atoms with van der Waals surface area (Å²) in [5.74, 6) is 1.38. The maximum Gasteiger partial charge on any atom is 0.167 e. The molecule has 0 bridgehead atoms. The summed E-state index contributed by atoms with van der Waals surface area (Å²) < 4.78 is 11.1.